The third kappa shape index (κ3) is 1.98. The summed E-state index contributed by atoms with van der Waals surface area (Å²) in [5.74, 6) is 0. The third-order valence-corrected chi connectivity index (χ3v) is 2.07. The van der Waals surface area contributed by atoms with Gasteiger partial charge in [0, 0.05) is 11.7 Å². The molecule has 2 aromatic rings. The highest BCUT2D eigenvalue weighted by atomic mass is 16.4. The van der Waals surface area contributed by atoms with Gasteiger partial charge in [-0.25, -0.2) is 4.79 Å². The average molecular weight is 219 g/mol. The largest absolute Gasteiger partial charge is 0.399 e. The summed E-state index contributed by atoms with van der Waals surface area (Å²) in [4.78, 5) is 15.8. The van der Waals surface area contributed by atoms with Gasteiger partial charge in [0.15, 0.2) is 0 Å². The topological polar surface area (TPSA) is 81.1 Å². The van der Waals surface area contributed by atoms with Crippen molar-refractivity contribution in [3.05, 3.63) is 28.6 Å². The Morgan fingerprint density at radius 1 is 1.44 bits per heavy atom. The van der Waals surface area contributed by atoms with Crippen LogP contribution in [0.4, 0.5) is 11.7 Å². The molecule has 0 bridgehead atoms. The number of rotatable bonds is 2. The Kier molecular flexibility index (Phi) is 2.52. The predicted molar refractivity (Wildman–Crippen MR) is 63.5 cm³/mol. The molecule has 0 spiro atoms. The van der Waals surface area contributed by atoms with Crippen LogP contribution in [-0.2, 0) is 0 Å². The minimum Gasteiger partial charge on any atom is -0.399 e. The molecule has 1 heterocycles. The summed E-state index contributed by atoms with van der Waals surface area (Å²) < 4.78 is 5.02. The van der Waals surface area contributed by atoms with Crippen LogP contribution in [0, 0.1) is 0 Å². The molecule has 0 saturated heterocycles. The summed E-state index contributed by atoms with van der Waals surface area (Å²) in [7, 11) is 0. The number of nitrogens with zero attached hydrogens (tertiary/aromatic N) is 1. The summed E-state index contributed by atoms with van der Waals surface area (Å²) in [5, 5.41) is 3.37. The van der Waals surface area contributed by atoms with Gasteiger partial charge in [-0.1, -0.05) is 0 Å². The van der Waals surface area contributed by atoms with Crippen molar-refractivity contribution in [1.82, 2.24) is 4.98 Å². The van der Waals surface area contributed by atoms with Crippen molar-refractivity contribution in [2.75, 3.05) is 11.1 Å². The van der Waals surface area contributed by atoms with E-state index in [1.807, 2.05) is 13.8 Å². The molecule has 1 aromatic heterocycles. The highest BCUT2D eigenvalue weighted by Gasteiger charge is 2.06. The van der Waals surface area contributed by atoms with E-state index in [0.717, 1.165) is 0 Å². The zero-order valence-electron chi connectivity index (χ0n) is 9.15. The first-order valence-corrected chi connectivity index (χ1v) is 5.03. The number of nitrogens with one attached hydrogen (secondary N) is 1. The Morgan fingerprint density at radius 3 is 2.88 bits per heavy atom. The second-order valence-electron chi connectivity index (χ2n) is 3.88. The maximum Gasteiger partial charge on any atom is 0.348 e. The van der Waals surface area contributed by atoms with Crippen molar-refractivity contribution in [3.8, 4) is 0 Å². The van der Waals surface area contributed by atoms with Crippen LogP contribution < -0.4 is 16.7 Å². The van der Waals surface area contributed by atoms with Crippen LogP contribution in [0.3, 0.4) is 0 Å². The van der Waals surface area contributed by atoms with Gasteiger partial charge >= 0.3 is 5.63 Å². The number of benzene rings is 1. The summed E-state index contributed by atoms with van der Waals surface area (Å²) in [6.45, 7) is 3.87. The monoisotopic (exact) mass is 219 g/mol. The molecule has 1 aromatic carbocycles. The van der Waals surface area contributed by atoms with Crippen molar-refractivity contribution in [1.29, 1.82) is 0 Å². The van der Waals surface area contributed by atoms with Gasteiger partial charge in [-0.3, -0.25) is 0 Å². The van der Waals surface area contributed by atoms with Gasteiger partial charge in [-0.05, 0) is 32.0 Å². The number of anilines is 2. The quantitative estimate of drug-likeness (QED) is 0.749. The Bertz CT molecular complexity index is 575. The predicted octanol–water partition coefficient (Wildman–Crippen LogP) is 1.59. The van der Waals surface area contributed by atoms with Crippen LogP contribution in [0.25, 0.3) is 10.9 Å². The van der Waals surface area contributed by atoms with Crippen LogP contribution in [0.5, 0.6) is 0 Å². The summed E-state index contributed by atoms with van der Waals surface area (Å²) in [6.07, 6.45) is 0. The zero-order valence-corrected chi connectivity index (χ0v) is 9.15. The average Bonchev–Trinajstić information content (AvgIpc) is 2.15. The van der Waals surface area contributed by atoms with Gasteiger partial charge in [0.25, 0.3) is 6.01 Å². The maximum absolute atomic E-state index is 11.6. The fraction of sp³-hybridized carbons (Fsp3) is 0.273. The summed E-state index contributed by atoms with van der Waals surface area (Å²) >= 11 is 0. The summed E-state index contributed by atoms with van der Waals surface area (Å²) in [6, 6.07) is 5.28. The van der Waals surface area contributed by atoms with Gasteiger partial charge in [0.05, 0.1) is 10.9 Å². The van der Waals surface area contributed by atoms with E-state index < -0.39 is 5.63 Å². The number of aromatic nitrogens is 1. The van der Waals surface area contributed by atoms with E-state index in [-0.39, 0.29) is 12.1 Å². The first-order valence-electron chi connectivity index (χ1n) is 5.03. The van der Waals surface area contributed by atoms with E-state index in [0.29, 0.717) is 16.6 Å². The van der Waals surface area contributed by atoms with Crippen LogP contribution in [0.15, 0.2) is 27.4 Å². The molecule has 5 heteroatoms. The molecular formula is C11H13N3O2. The molecule has 3 N–H and O–H groups in total. The first kappa shape index (κ1) is 10.5. The fourth-order valence-corrected chi connectivity index (χ4v) is 1.40. The van der Waals surface area contributed by atoms with E-state index in [2.05, 4.69) is 10.3 Å². The lowest BCUT2D eigenvalue weighted by Crippen LogP contribution is -2.14. The lowest BCUT2D eigenvalue weighted by atomic mass is 10.2. The molecule has 0 fully saturated rings. The lowest BCUT2D eigenvalue weighted by Gasteiger charge is -2.07. The van der Waals surface area contributed by atoms with Gasteiger partial charge in [0.1, 0.15) is 0 Å². The van der Waals surface area contributed by atoms with Gasteiger partial charge in [-0.2, -0.15) is 4.98 Å². The molecule has 0 amide bonds. The lowest BCUT2D eigenvalue weighted by molar-refractivity contribution is 0.511. The van der Waals surface area contributed by atoms with Crippen molar-refractivity contribution in [3.63, 3.8) is 0 Å². The van der Waals surface area contributed by atoms with Crippen molar-refractivity contribution < 1.29 is 4.42 Å². The molecular weight excluding hydrogens is 206 g/mol. The molecule has 0 aliphatic heterocycles. The molecule has 0 aliphatic carbocycles. The zero-order chi connectivity index (χ0) is 11.7. The Morgan fingerprint density at radius 2 is 2.19 bits per heavy atom. The number of fused-ring (bicyclic) bond motifs is 1. The molecule has 5 nitrogen and oxygen atoms in total. The second-order valence-corrected chi connectivity index (χ2v) is 3.88. The Labute approximate surface area is 92.3 Å². The van der Waals surface area contributed by atoms with Crippen LogP contribution in [-0.4, -0.2) is 11.0 Å². The minimum atomic E-state index is -0.409. The smallest absolute Gasteiger partial charge is 0.348 e. The fourth-order valence-electron chi connectivity index (χ4n) is 1.40. The molecule has 0 atom stereocenters. The molecule has 0 aliphatic rings. The Hall–Kier alpha value is -2.04. The molecule has 84 valence electrons. The van der Waals surface area contributed by atoms with Crippen molar-refractivity contribution in [2.45, 2.75) is 19.9 Å². The SMILES string of the molecule is CC(C)Nc1nc2cc(N)ccc2c(=O)o1. The number of nitrogen functional groups attached to an aromatic ring is 1. The Balaban J connectivity index is 2.61. The third-order valence-electron chi connectivity index (χ3n) is 2.07. The molecule has 16 heavy (non-hydrogen) atoms. The standard InChI is InChI=1S/C11H13N3O2/c1-6(2)13-11-14-9-5-7(12)3-4-8(9)10(15)16-11/h3-6H,12H2,1-2H3,(H,13,14). The highest BCUT2D eigenvalue weighted by Crippen LogP contribution is 2.14. The minimum absolute atomic E-state index is 0.147. The number of nitrogens with two attached hydrogens (primary N) is 1. The van der Waals surface area contributed by atoms with Gasteiger partial charge in [0.2, 0.25) is 0 Å². The van der Waals surface area contributed by atoms with E-state index in [1.165, 1.54) is 0 Å². The first-order chi connectivity index (χ1) is 7.56. The molecule has 2 rings (SSSR count). The molecule has 0 radical (unpaired) electrons. The molecule has 0 saturated carbocycles. The van der Waals surface area contributed by atoms with Gasteiger partial charge in [-0.15, -0.1) is 0 Å². The van der Waals surface area contributed by atoms with E-state index in [4.69, 9.17) is 10.2 Å². The number of hydrogen-bond donors (Lipinski definition) is 2. The van der Waals surface area contributed by atoms with Crippen LogP contribution in [0.1, 0.15) is 13.8 Å². The normalized spacial score (nSPS) is 10.9. The molecule has 0 unspecified atom stereocenters. The van der Waals surface area contributed by atoms with Gasteiger partial charge < -0.3 is 15.5 Å². The number of hydrogen-bond acceptors (Lipinski definition) is 5. The highest BCUT2D eigenvalue weighted by molar-refractivity contribution is 5.81. The van der Waals surface area contributed by atoms with Crippen LogP contribution in [0.2, 0.25) is 0 Å². The second kappa shape index (κ2) is 3.84. The van der Waals surface area contributed by atoms with E-state index in [9.17, 15) is 4.79 Å². The van der Waals surface area contributed by atoms with Crippen LogP contribution >= 0.6 is 0 Å². The summed E-state index contributed by atoms with van der Waals surface area (Å²) in [5.41, 5.74) is 6.33. The van der Waals surface area contributed by atoms with E-state index >= 15 is 0 Å². The van der Waals surface area contributed by atoms with Crippen molar-refractivity contribution >= 4 is 22.6 Å². The van der Waals surface area contributed by atoms with Crippen molar-refractivity contribution in [2.24, 2.45) is 0 Å². The van der Waals surface area contributed by atoms with E-state index in [1.54, 1.807) is 18.2 Å². The maximum atomic E-state index is 11.6.